The molecule has 0 aliphatic carbocycles. The Morgan fingerprint density at radius 3 is 1.91 bits per heavy atom. The second-order valence-electron chi connectivity index (χ2n) is 11.0. The molecule has 0 unspecified atom stereocenters. The number of benzene rings is 1. The van der Waals surface area contributed by atoms with Gasteiger partial charge in [-0.2, -0.15) is 9.97 Å². The predicted molar refractivity (Wildman–Crippen MR) is 170 cm³/mol. The van der Waals surface area contributed by atoms with Crippen LogP contribution in [0.25, 0.3) is 0 Å². The molecular weight excluding hydrogens is 612 g/mol. The van der Waals surface area contributed by atoms with Crippen LogP contribution in [0.5, 0.6) is 11.8 Å². The first kappa shape index (κ1) is 32.6. The van der Waals surface area contributed by atoms with Crippen molar-refractivity contribution in [3.63, 3.8) is 0 Å². The van der Waals surface area contributed by atoms with Crippen molar-refractivity contribution in [3.8, 4) is 11.8 Å². The van der Waals surface area contributed by atoms with Crippen LogP contribution in [-0.2, 0) is 9.59 Å². The van der Waals surface area contributed by atoms with Gasteiger partial charge in [-0.1, -0.05) is 25.0 Å². The molecule has 0 radical (unpaired) electrons. The highest BCUT2D eigenvalue weighted by atomic mass is 32.2. The molecule has 242 valence electrons. The van der Waals surface area contributed by atoms with E-state index in [-0.39, 0.29) is 52.2 Å². The number of anilines is 3. The molecule has 2 aliphatic heterocycles. The van der Waals surface area contributed by atoms with E-state index in [4.69, 9.17) is 9.47 Å². The number of hydrogen-bond donors (Lipinski definition) is 2. The number of imide groups is 1. The quantitative estimate of drug-likeness (QED) is 0.165. The first-order valence-corrected chi connectivity index (χ1v) is 15.8. The first-order chi connectivity index (χ1) is 22.2. The fraction of sp³-hybridized carbons (Fsp3) is 0.419. The highest BCUT2D eigenvalue weighted by molar-refractivity contribution is 7.99. The Bertz CT molecular complexity index is 1550. The van der Waals surface area contributed by atoms with E-state index in [1.807, 2.05) is 0 Å². The van der Waals surface area contributed by atoms with Crippen molar-refractivity contribution < 1.29 is 28.7 Å². The molecule has 2 N–H and O–H groups in total. The molecule has 1 saturated heterocycles. The Morgan fingerprint density at radius 2 is 1.41 bits per heavy atom. The van der Waals surface area contributed by atoms with Crippen LogP contribution in [0.4, 0.5) is 17.6 Å². The number of unbranched alkanes of at least 4 members (excludes halogenated alkanes) is 1. The molecule has 5 rings (SSSR count). The molecule has 46 heavy (non-hydrogen) atoms. The predicted octanol–water partition coefficient (Wildman–Crippen LogP) is 4.03. The smallest absolute Gasteiger partial charge is 0.261 e. The molecule has 1 fully saturated rings. The second kappa shape index (κ2) is 14.5. The molecule has 1 aromatic carbocycles. The van der Waals surface area contributed by atoms with Crippen LogP contribution in [0.15, 0.2) is 40.4 Å². The lowest BCUT2D eigenvalue weighted by atomic mass is 9.91. The highest BCUT2D eigenvalue weighted by Crippen LogP contribution is 2.41. The van der Waals surface area contributed by atoms with E-state index in [1.165, 1.54) is 39.0 Å². The van der Waals surface area contributed by atoms with E-state index >= 15 is 0 Å². The monoisotopic (exact) mass is 648 g/mol. The number of fused-ring (bicyclic) bond motifs is 1. The summed E-state index contributed by atoms with van der Waals surface area (Å²) in [7, 11) is 3.00. The van der Waals surface area contributed by atoms with Crippen molar-refractivity contribution in [1.29, 1.82) is 0 Å². The summed E-state index contributed by atoms with van der Waals surface area (Å²) in [6, 6.07) is 8.43. The molecule has 4 heterocycles. The van der Waals surface area contributed by atoms with Gasteiger partial charge < -0.3 is 25.0 Å². The molecule has 0 bridgehead atoms. The molecule has 2 aromatic heterocycles. The SMILES string of the molecule is COc1nc(N2CCC(CCCCN3C(=O)c4ccccc4C3=O)CC2)nc(OC)c1Sc1nc(NC(C)=O)cc(NC(C)=O)n1. The largest absolute Gasteiger partial charge is 0.480 e. The normalized spacial score (nSPS) is 14.7. The van der Waals surface area contributed by atoms with Crippen LogP contribution in [0.2, 0.25) is 0 Å². The van der Waals surface area contributed by atoms with Crippen LogP contribution in [0, 0.1) is 5.92 Å². The Hall–Kier alpha value is -4.79. The zero-order valence-electron chi connectivity index (χ0n) is 26.2. The van der Waals surface area contributed by atoms with Crippen LogP contribution in [0.3, 0.4) is 0 Å². The van der Waals surface area contributed by atoms with Crippen LogP contribution < -0.4 is 25.0 Å². The minimum atomic E-state index is -0.323. The Balaban J connectivity index is 1.19. The molecular formula is C31H36N8O6S. The maximum Gasteiger partial charge on any atom is 0.261 e. The fourth-order valence-corrected chi connectivity index (χ4v) is 6.43. The summed E-state index contributed by atoms with van der Waals surface area (Å²) in [4.78, 5) is 70.5. The standard InChI is InChI=1S/C31H36N8O6S/c1-18(40)32-23-17-24(33-19(2)41)35-31(34-23)46-25-26(44-3)36-30(37-27(25)45-4)38-15-12-20(13-16-38)9-7-8-14-39-28(42)21-10-5-6-11-22(21)29(39)43/h5-6,10-11,17,20H,7-9,12-16H2,1-4H3,(H2,32,33,34,35,40,41). The van der Waals surface area contributed by atoms with Gasteiger partial charge in [0.2, 0.25) is 29.5 Å². The molecule has 3 aromatic rings. The van der Waals surface area contributed by atoms with Crippen LogP contribution in [0.1, 0.15) is 66.7 Å². The third kappa shape index (κ3) is 7.53. The van der Waals surface area contributed by atoms with E-state index in [9.17, 15) is 19.2 Å². The maximum absolute atomic E-state index is 12.6. The van der Waals surface area contributed by atoms with E-state index in [0.717, 1.165) is 57.0 Å². The summed E-state index contributed by atoms with van der Waals surface area (Å²) < 4.78 is 11.2. The number of aromatic nitrogens is 4. The number of methoxy groups -OCH3 is 2. The number of nitrogens with one attached hydrogen (secondary N) is 2. The van der Waals surface area contributed by atoms with E-state index in [0.29, 0.717) is 34.4 Å². The molecule has 4 amide bonds. The summed E-state index contributed by atoms with van der Waals surface area (Å²) >= 11 is 1.08. The first-order valence-electron chi connectivity index (χ1n) is 15.0. The minimum absolute atomic E-state index is 0.204. The minimum Gasteiger partial charge on any atom is -0.480 e. The van der Waals surface area contributed by atoms with Crippen molar-refractivity contribution in [2.75, 3.05) is 49.4 Å². The van der Waals surface area contributed by atoms with Crippen molar-refractivity contribution >= 4 is 53.0 Å². The van der Waals surface area contributed by atoms with E-state index < -0.39 is 0 Å². The zero-order valence-corrected chi connectivity index (χ0v) is 27.0. The summed E-state index contributed by atoms with van der Waals surface area (Å²) in [5.74, 6) is 0.930. The number of rotatable bonds is 12. The van der Waals surface area contributed by atoms with Gasteiger partial charge in [0.15, 0.2) is 5.16 Å². The van der Waals surface area contributed by atoms with Gasteiger partial charge in [-0.3, -0.25) is 24.1 Å². The van der Waals surface area contributed by atoms with Crippen molar-refractivity contribution in [1.82, 2.24) is 24.8 Å². The lowest BCUT2D eigenvalue weighted by molar-refractivity contribution is -0.115. The van der Waals surface area contributed by atoms with Gasteiger partial charge >= 0.3 is 0 Å². The number of carbonyl (C=O) groups is 4. The molecule has 14 nitrogen and oxygen atoms in total. The summed E-state index contributed by atoms with van der Waals surface area (Å²) in [5.41, 5.74) is 0.977. The van der Waals surface area contributed by atoms with Gasteiger partial charge in [-0.15, -0.1) is 0 Å². The number of hydrogen-bond acceptors (Lipinski definition) is 12. The molecule has 0 spiro atoms. The number of carbonyl (C=O) groups excluding carboxylic acids is 4. The summed E-state index contributed by atoms with van der Waals surface area (Å²) in [6.45, 7) is 4.65. The van der Waals surface area contributed by atoms with E-state index in [1.54, 1.807) is 24.3 Å². The van der Waals surface area contributed by atoms with Gasteiger partial charge in [-0.25, -0.2) is 9.97 Å². The van der Waals surface area contributed by atoms with E-state index in [2.05, 4.69) is 35.5 Å². The Morgan fingerprint density at radius 1 is 0.870 bits per heavy atom. The average molecular weight is 649 g/mol. The third-order valence-electron chi connectivity index (χ3n) is 7.71. The topological polar surface area (TPSA) is 169 Å². The van der Waals surface area contributed by atoms with Crippen molar-refractivity contribution in [2.45, 2.75) is 56.0 Å². The molecule has 0 saturated carbocycles. The summed E-state index contributed by atoms with van der Waals surface area (Å²) in [6.07, 6.45) is 4.61. The number of nitrogens with zero attached hydrogens (tertiary/aromatic N) is 6. The lowest BCUT2D eigenvalue weighted by Gasteiger charge is -2.32. The van der Waals surface area contributed by atoms with Gasteiger partial charge in [0, 0.05) is 39.5 Å². The van der Waals surface area contributed by atoms with Gasteiger partial charge in [-0.05, 0) is 49.1 Å². The van der Waals surface area contributed by atoms with Crippen molar-refractivity contribution in [2.24, 2.45) is 5.92 Å². The molecule has 2 aliphatic rings. The second-order valence-corrected chi connectivity index (χ2v) is 12.0. The van der Waals surface area contributed by atoms with Crippen molar-refractivity contribution in [3.05, 3.63) is 41.5 Å². The zero-order chi connectivity index (χ0) is 32.8. The fourth-order valence-electron chi connectivity index (χ4n) is 5.52. The number of amides is 4. The van der Waals surface area contributed by atoms with Gasteiger partial charge in [0.25, 0.3) is 11.8 Å². The maximum atomic E-state index is 12.6. The average Bonchev–Trinajstić information content (AvgIpc) is 3.27. The number of ether oxygens (including phenoxy) is 2. The summed E-state index contributed by atoms with van der Waals surface area (Å²) in [5, 5.41) is 5.43. The van der Waals surface area contributed by atoms with Gasteiger partial charge in [0.1, 0.15) is 16.5 Å². The lowest BCUT2D eigenvalue weighted by Crippen LogP contribution is -2.35. The molecule has 15 heteroatoms. The van der Waals surface area contributed by atoms with Gasteiger partial charge in [0.05, 0.1) is 25.3 Å². The number of piperidine rings is 1. The van der Waals surface area contributed by atoms with Crippen LogP contribution >= 0.6 is 11.8 Å². The van der Waals surface area contributed by atoms with Crippen LogP contribution in [-0.4, -0.2) is 82.3 Å². The third-order valence-corrected chi connectivity index (χ3v) is 8.62. The Labute approximate surface area is 270 Å². The molecule has 0 atom stereocenters. The highest BCUT2D eigenvalue weighted by Gasteiger charge is 2.34. The Kier molecular flexibility index (Phi) is 10.3.